The summed E-state index contributed by atoms with van der Waals surface area (Å²) < 4.78 is 0. The highest BCUT2D eigenvalue weighted by Crippen LogP contribution is 2.58. The van der Waals surface area contributed by atoms with Gasteiger partial charge < -0.3 is 0 Å². The van der Waals surface area contributed by atoms with Crippen LogP contribution in [0.2, 0.25) is 0 Å². The van der Waals surface area contributed by atoms with E-state index in [4.69, 9.17) is 0 Å². The third kappa shape index (κ3) is 2.41. The summed E-state index contributed by atoms with van der Waals surface area (Å²) in [5.74, 6) is 3.15. The number of ketones is 1. The first-order chi connectivity index (χ1) is 10.1. The molecule has 3 aliphatic rings. The summed E-state index contributed by atoms with van der Waals surface area (Å²) in [6.07, 6.45) is 12.2. The van der Waals surface area contributed by atoms with Crippen LogP contribution in [-0.2, 0) is 4.79 Å². The topological polar surface area (TPSA) is 17.1 Å². The molecule has 21 heavy (non-hydrogen) atoms. The molecule has 0 saturated heterocycles. The van der Waals surface area contributed by atoms with Crippen molar-refractivity contribution in [3.63, 3.8) is 0 Å². The number of rotatable bonds is 3. The van der Waals surface area contributed by atoms with Crippen molar-refractivity contribution >= 4 is 5.78 Å². The normalized spacial score (nSPS) is 35.4. The Labute approximate surface area is 130 Å². The number of carbonyl (C=O) groups is 1. The van der Waals surface area contributed by atoms with Gasteiger partial charge in [-0.15, -0.1) is 0 Å². The maximum absolute atomic E-state index is 11.8. The van der Waals surface area contributed by atoms with E-state index in [0.717, 1.165) is 37.0 Å². The minimum Gasteiger partial charge on any atom is -0.299 e. The van der Waals surface area contributed by atoms with Crippen molar-refractivity contribution in [3.8, 4) is 0 Å². The summed E-state index contributed by atoms with van der Waals surface area (Å²) in [6, 6.07) is 0. The molecule has 0 unspecified atom stereocenters. The van der Waals surface area contributed by atoms with Crippen molar-refractivity contribution in [2.75, 3.05) is 0 Å². The van der Waals surface area contributed by atoms with Crippen LogP contribution in [0.1, 0.15) is 85.0 Å². The van der Waals surface area contributed by atoms with Gasteiger partial charge in [-0.3, -0.25) is 4.79 Å². The molecule has 3 atom stereocenters. The van der Waals surface area contributed by atoms with Crippen molar-refractivity contribution in [2.24, 2.45) is 23.2 Å². The summed E-state index contributed by atoms with van der Waals surface area (Å²) >= 11 is 0. The molecule has 0 bridgehead atoms. The lowest BCUT2D eigenvalue weighted by atomic mass is 9.51. The highest BCUT2D eigenvalue weighted by atomic mass is 16.1. The lowest BCUT2D eigenvalue weighted by Crippen LogP contribution is -2.45. The van der Waals surface area contributed by atoms with E-state index in [-0.39, 0.29) is 0 Å². The third-order valence-corrected chi connectivity index (χ3v) is 7.39. The summed E-state index contributed by atoms with van der Waals surface area (Å²) in [6.45, 7) is 7.25. The van der Waals surface area contributed by atoms with Crippen LogP contribution in [0.3, 0.4) is 0 Å². The molecule has 0 heterocycles. The van der Waals surface area contributed by atoms with Gasteiger partial charge in [0.1, 0.15) is 5.78 Å². The van der Waals surface area contributed by atoms with E-state index in [1.807, 2.05) is 0 Å². The molecule has 0 spiro atoms. The molecule has 1 nitrogen and oxygen atoms in total. The van der Waals surface area contributed by atoms with Gasteiger partial charge in [0.15, 0.2) is 0 Å². The molecular weight excluding hydrogens is 256 g/mol. The predicted octanol–water partition coefficient (Wildman–Crippen LogP) is 5.69. The molecule has 118 valence electrons. The minimum absolute atomic E-state index is 0.492. The molecule has 3 aliphatic carbocycles. The fourth-order valence-electron chi connectivity index (χ4n) is 6.20. The molecule has 3 rings (SSSR count). The van der Waals surface area contributed by atoms with Gasteiger partial charge in [0.2, 0.25) is 0 Å². The SMILES string of the molecule is CC[C@H]1[C@@H]2CCC3=C(CCC(=O)C3)[C@H]2CCC1(CC)CC. The Hall–Kier alpha value is -0.590. The highest BCUT2D eigenvalue weighted by molar-refractivity contribution is 5.82. The van der Waals surface area contributed by atoms with E-state index < -0.39 is 0 Å². The van der Waals surface area contributed by atoms with Gasteiger partial charge >= 0.3 is 0 Å². The Morgan fingerprint density at radius 1 is 1.05 bits per heavy atom. The van der Waals surface area contributed by atoms with Gasteiger partial charge in [-0.25, -0.2) is 0 Å². The summed E-state index contributed by atoms with van der Waals surface area (Å²) in [5, 5.41) is 0. The molecular formula is C20H32O. The number of hydrogen-bond donors (Lipinski definition) is 0. The quantitative estimate of drug-likeness (QED) is 0.610. The van der Waals surface area contributed by atoms with Crippen LogP contribution < -0.4 is 0 Å². The van der Waals surface area contributed by atoms with Gasteiger partial charge in [-0.1, -0.05) is 51.2 Å². The van der Waals surface area contributed by atoms with Gasteiger partial charge in [0.25, 0.3) is 0 Å². The third-order valence-electron chi connectivity index (χ3n) is 7.39. The molecule has 0 aromatic carbocycles. The van der Waals surface area contributed by atoms with Gasteiger partial charge in [-0.05, 0) is 55.3 Å². The van der Waals surface area contributed by atoms with E-state index >= 15 is 0 Å². The van der Waals surface area contributed by atoms with Gasteiger partial charge in [0.05, 0.1) is 0 Å². The summed E-state index contributed by atoms with van der Waals surface area (Å²) in [4.78, 5) is 11.8. The molecule has 0 N–H and O–H groups in total. The zero-order chi connectivity index (χ0) is 15.0. The van der Waals surface area contributed by atoms with Gasteiger partial charge in [-0.2, -0.15) is 0 Å². The Balaban J connectivity index is 1.89. The van der Waals surface area contributed by atoms with Crippen LogP contribution >= 0.6 is 0 Å². The van der Waals surface area contributed by atoms with E-state index in [0.29, 0.717) is 11.2 Å². The van der Waals surface area contributed by atoms with Crippen LogP contribution in [0.15, 0.2) is 11.1 Å². The molecule has 1 saturated carbocycles. The first-order valence-corrected chi connectivity index (χ1v) is 9.37. The Bertz CT molecular complexity index is 441. The number of hydrogen-bond acceptors (Lipinski definition) is 1. The minimum atomic E-state index is 0.492. The van der Waals surface area contributed by atoms with E-state index in [1.165, 1.54) is 44.9 Å². The first kappa shape index (κ1) is 15.3. The average Bonchev–Trinajstić information content (AvgIpc) is 2.52. The molecule has 0 aromatic heterocycles. The smallest absolute Gasteiger partial charge is 0.137 e. The first-order valence-electron chi connectivity index (χ1n) is 9.37. The second-order valence-electron chi connectivity index (χ2n) is 7.78. The molecule has 0 amide bonds. The van der Waals surface area contributed by atoms with Crippen LogP contribution in [0.4, 0.5) is 0 Å². The second kappa shape index (κ2) is 5.89. The Kier molecular flexibility index (Phi) is 4.30. The van der Waals surface area contributed by atoms with Crippen LogP contribution in [-0.4, -0.2) is 5.78 Å². The number of carbonyl (C=O) groups excluding carboxylic acids is 1. The Morgan fingerprint density at radius 3 is 2.48 bits per heavy atom. The molecule has 0 aliphatic heterocycles. The fraction of sp³-hybridized carbons (Fsp3) is 0.850. The summed E-state index contributed by atoms with van der Waals surface area (Å²) in [5.41, 5.74) is 3.91. The average molecular weight is 288 g/mol. The largest absolute Gasteiger partial charge is 0.299 e. The second-order valence-corrected chi connectivity index (χ2v) is 7.78. The van der Waals surface area contributed by atoms with E-state index in [1.54, 1.807) is 11.1 Å². The van der Waals surface area contributed by atoms with Crippen molar-refractivity contribution in [1.29, 1.82) is 0 Å². The summed E-state index contributed by atoms with van der Waals surface area (Å²) in [7, 11) is 0. The standard InChI is InChI=1S/C20H32O/c1-4-19-18-9-7-14-13-15(21)8-10-16(14)17(18)11-12-20(19,5-2)6-3/h17-19H,4-13H2,1-3H3/t17-,18-,19+/m1/s1. The molecule has 1 fully saturated rings. The number of fused-ring (bicyclic) bond motifs is 2. The van der Waals surface area contributed by atoms with Crippen LogP contribution in [0.5, 0.6) is 0 Å². The van der Waals surface area contributed by atoms with Crippen molar-refractivity contribution in [2.45, 2.75) is 85.0 Å². The predicted molar refractivity (Wildman–Crippen MR) is 88.1 cm³/mol. The number of allylic oxidation sites excluding steroid dienone is 2. The highest BCUT2D eigenvalue weighted by Gasteiger charge is 2.48. The van der Waals surface area contributed by atoms with Crippen LogP contribution in [0, 0.1) is 23.2 Å². The lowest BCUT2D eigenvalue weighted by molar-refractivity contribution is -0.119. The molecule has 0 aromatic rings. The monoisotopic (exact) mass is 288 g/mol. The van der Waals surface area contributed by atoms with Crippen LogP contribution in [0.25, 0.3) is 0 Å². The number of Topliss-reactive ketones (excluding diaryl/α,β-unsaturated/α-hetero) is 1. The molecule has 0 radical (unpaired) electrons. The van der Waals surface area contributed by atoms with E-state index in [2.05, 4.69) is 20.8 Å². The van der Waals surface area contributed by atoms with Crippen molar-refractivity contribution in [1.82, 2.24) is 0 Å². The van der Waals surface area contributed by atoms with Crippen molar-refractivity contribution in [3.05, 3.63) is 11.1 Å². The zero-order valence-electron chi connectivity index (χ0n) is 14.2. The molecule has 1 heteroatoms. The van der Waals surface area contributed by atoms with Gasteiger partial charge in [0, 0.05) is 12.8 Å². The lowest BCUT2D eigenvalue weighted by Gasteiger charge is -2.54. The maximum atomic E-state index is 11.8. The van der Waals surface area contributed by atoms with E-state index in [9.17, 15) is 4.79 Å². The maximum Gasteiger partial charge on any atom is 0.137 e. The Morgan fingerprint density at radius 2 is 1.81 bits per heavy atom. The fourth-order valence-corrected chi connectivity index (χ4v) is 6.20. The van der Waals surface area contributed by atoms with Crippen molar-refractivity contribution < 1.29 is 4.79 Å². The zero-order valence-corrected chi connectivity index (χ0v) is 14.2.